The summed E-state index contributed by atoms with van der Waals surface area (Å²) in [5, 5.41) is 11.7. The molecule has 0 saturated heterocycles. The highest BCUT2D eigenvalue weighted by atomic mass is 32.2. The number of unbranched alkanes of at least 4 members (excludes halogenated alkanes) is 26. The molecule has 3 atom stereocenters. The predicted octanol–water partition coefficient (Wildman–Crippen LogP) is 18.8. The van der Waals surface area contributed by atoms with Gasteiger partial charge in [-0.3, -0.25) is 33.3 Å². The van der Waals surface area contributed by atoms with Gasteiger partial charge in [0.1, 0.15) is 40.6 Å². The predicted molar refractivity (Wildman–Crippen MR) is 467 cm³/mol. The lowest BCUT2D eigenvalue weighted by atomic mass is 9.93. The standard InChI is InChI=1S/C89H153N11O16S/c1-16-19-22-24-26-28-30-32-34-36-38-40-42-47-74(103)111-64-70(112-75(104)48-43-41-39-37-35-33-31-29-27-25-23-20-17-2)65-117-66-71(94-83(108)114-87(7,8)9)72(101)62-68(80(106)93-69-52-49-67(50-53-69)63-100-79-77(95-82(100)107)78(90)96-81(97-79)92-56-21-18-3)51-54-73(102)91-57-46-60-98(84(109)115-88(10,11)12)58-44-45-59-99(85(110)116-89(13,14)15)61-55-76(105)113-86(4,5)6/h49-50,52-53,68,70-71H,16-48,51,54-66H2,1-15H3,(H,91,102)(H,93,106)(H,94,108)(H,95,107)(H3,90,92,96,97)/t68-,70?,71+/m1/s1. The molecule has 5 amide bonds. The Morgan fingerprint density at radius 3 is 1.50 bits per heavy atom. The van der Waals surface area contributed by atoms with Crippen LogP contribution >= 0.6 is 11.8 Å². The molecule has 0 spiro atoms. The lowest BCUT2D eigenvalue weighted by Gasteiger charge is -2.29. The minimum absolute atomic E-state index is 0.0443. The van der Waals surface area contributed by atoms with Crippen LogP contribution in [0, 0.1) is 5.92 Å². The molecule has 2 heterocycles. The average Bonchev–Trinajstić information content (AvgIpc) is 1.64. The van der Waals surface area contributed by atoms with Gasteiger partial charge in [-0.05, 0) is 146 Å². The van der Waals surface area contributed by atoms with Crippen molar-refractivity contribution in [2.75, 3.05) is 73.7 Å². The van der Waals surface area contributed by atoms with E-state index in [0.717, 1.165) is 57.8 Å². The van der Waals surface area contributed by atoms with Gasteiger partial charge in [-0.15, -0.1) is 0 Å². The Balaban J connectivity index is 1.88. The number of fused-ring (bicyclic) bond motifs is 1. The number of esters is 3. The summed E-state index contributed by atoms with van der Waals surface area (Å²) in [6.45, 7) is 28.8. The summed E-state index contributed by atoms with van der Waals surface area (Å²) in [7, 11) is 0. The maximum absolute atomic E-state index is 15.0. The molecule has 666 valence electrons. The first-order chi connectivity index (χ1) is 55.5. The summed E-state index contributed by atoms with van der Waals surface area (Å²) < 4.78 is 35.9. The summed E-state index contributed by atoms with van der Waals surface area (Å²) in [6.07, 6.45) is 29.8. The highest BCUT2D eigenvalue weighted by Gasteiger charge is 2.32. The van der Waals surface area contributed by atoms with Gasteiger partial charge < -0.3 is 70.2 Å². The number of hydrogen-bond donors (Lipinski definition) is 6. The molecule has 0 aliphatic rings. The van der Waals surface area contributed by atoms with Gasteiger partial charge >= 0.3 is 41.9 Å². The number of hydrogen-bond acceptors (Lipinski definition) is 21. The number of nitrogens with one attached hydrogen (secondary N) is 5. The van der Waals surface area contributed by atoms with Crippen LogP contribution in [0.25, 0.3) is 11.2 Å². The number of Topliss-reactive ketones (excluding diaryl/α,β-unsaturated/α-hetero) is 1. The number of aromatic nitrogens is 4. The van der Waals surface area contributed by atoms with Crippen LogP contribution in [0.5, 0.6) is 0 Å². The number of rotatable bonds is 62. The van der Waals surface area contributed by atoms with Gasteiger partial charge in [0.05, 0.1) is 19.0 Å². The van der Waals surface area contributed by atoms with E-state index in [1.807, 2.05) is 0 Å². The monoisotopic (exact) mass is 1660 g/mol. The van der Waals surface area contributed by atoms with Crippen LogP contribution in [0.15, 0.2) is 29.1 Å². The number of benzene rings is 1. The summed E-state index contributed by atoms with van der Waals surface area (Å²) in [5.41, 5.74) is 4.15. The fraction of sp³-hybridized carbons (Fsp3) is 0.775. The molecule has 28 heteroatoms. The van der Waals surface area contributed by atoms with E-state index in [-0.39, 0.29) is 101 Å². The van der Waals surface area contributed by atoms with Gasteiger partial charge in [0.15, 0.2) is 17.2 Å². The molecule has 0 saturated carbocycles. The lowest BCUT2D eigenvalue weighted by Crippen LogP contribution is -2.46. The van der Waals surface area contributed by atoms with Crippen LogP contribution in [-0.2, 0) is 63.7 Å². The topological polar surface area (TPSA) is 353 Å². The Bertz CT molecular complexity index is 3430. The van der Waals surface area contributed by atoms with Crippen LogP contribution in [0.1, 0.15) is 347 Å². The van der Waals surface area contributed by atoms with E-state index in [2.05, 4.69) is 57.0 Å². The number of nitrogens with zero attached hydrogens (tertiary/aromatic N) is 5. The van der Waals surface area contributed by atoms with E-state index in [1.54, 1.807) is 107 Å². The first-order valence-electron chi connectivity index (χ1n) is 44.3. The highest BCUT2D eigenvalue weighted by Crippen LogP contribution is 2.25. The smallest absolute Gasteiger partial charge is 0.410 e. The summed E-state index contributed by atoms with van der Waals surface area (Å²) in [6, 6.07) is 5.50. The minimum atomic E-state index is -1.26. The molecule has 1 unspecified atom stereocenters. The van der Waals surface area contributed by atoms with Crippen molar-refractivity contribution in [3.63, 3.8) is 0 Å². The molecule has 3 aromatic rings. The number of alkyl carbamates (subject to hydrolysis) is 1. The van der Waals surface area contributed by atoms with Gasteiger partial charge in [0, 0.05) is 88.1 Å². The third kappa shape index (κ3) is 50.1. The fourth-order valence-electron chi connectivity index (χ4n) is 13.0. The maximum Gasteiger partial charge on any atom is 0.410 e. The summed E-state index contributed by atoms with van der Waals surface area (Å²) >= 11 is 1.20. The molecule has 0 aliphatic carbocycles. The van der Waals surface area contributed by atoms with Crippen molar-refractivity contribution in [3.8, 4) is 0 Å². The lowest BCUT2D eigenvalue weighted by molar-refractivity contribution is -0.157. The normalized spacial score (nSPS) is 12.6. The van der Waals surface area contributed by atoms with Crippen LogP contribution in [0.3, 0.4) is 0 Å². The van der Waals surface area contributed by atoms with E-state index >= 15 is 0 Å². The molecule has 0 aliphatic heterocycles. The first kappa shape index (κ1) is 104. The number of nitrogen functional groups attached to an aromatic ring is 1. The quantitative estimate of drug-likeness (QED) is 0.0174. The first-order valence-corrected chi connectivity index (χ1v) is 45.4. The van der Waals surface area contributed by atoms with E-state index in [0.29, 0.717) is 61.1 Å². The Morgan fingerprint density at radius 2 is 1.00 bits per heavy atom. The maximum atomic E-state index is 15.0. The van der Waals surface area contributed by atoms with E-state index in [9.17, 15) is 47.9 Å². The zero-order chi connectivity index (χ0) is 86.7. The Labute approximate surface area is 704 Å². The molecular weight excluding hydrogens is 1510 g/mol. The Kier molecular flexibility index (Phi) is 50.9. The molecule has 0 bridgehead atoms. The number of thioether (sulfide) groups is 1. The number of ether oxygens (including phenoxy) is 6. The number of anilines is 3. The third-order valence-corrected chi connectivity index (χ3v) is 20.4. The number of H-pyrrole nitrogens is 1. The fourth-order valence-corrected chi connectivity index (χ4v) is 14.1. The molecule has 0 radical (unpaired) electrons. The van der Waals surface area contributed by atoms with Crippen molar-refractivity contribution < 1.29 is 71.6 Å². The van der Waals surface area contributed by atoms with Gasteiger partial charge in [0.2, 0.25) is 17.8 Å². The van der Waals surface area contributed by atoms with Crippen molar-refractivity contribution in [2.45, 2.75) is 383 Å². The average molecular weight is 1670 g/mol. The van der Waals surface area contributed by atoms with Gasteiger partial charge in [-0.2, -0.15) is 21.7 Å². The van der Waals surface area contributed by atoms with Crippen molar-refractivity contribution >= 4 is 94.2 Å². The SMILES string of the molecule is CCCCCCCCCCCCCCCC(=O)OCC(CSC[C@H](NC(=O)OC(C)(C)C)C(=O)C[C@@H](CCC(=O)NCCCN(CCCCN(CCC(=O)OC(C)(C)C)C(=O)OC(C)(C)C)C(=O)OC(C)(C)C)C(=O)Nc1ccc(Cn2c(=O)[nH]c3c(N)nc(NCCCC)nc32)cc1)OC(=O)CCCCCCCCCCCCCCC. The number of carbonyl (C=O) groups is 9. The number of ketones is 1. The molecule has 7 N–H and O–H groups in total. The number of nitrogens with two attached hydrogens (primary N) is 1. The van der Waals surface area contributed by atoms with E-state index in [4.69, 9.17) is 34.2 Å². The summed E-state index contributed by atoms with van der Waals surface area (Å²) in [5.74, 6) is -3.60. The highest BCUT2D eigenvalue weighted by molar-refractivity contribution is 7.99. The Morgan fingerprint density at radius 1 is 0.521 bits per heavy atom. The van der Waals surface area contributed by atoms with Gasteiger partial charge in [-0.1, -0.05) is 193 Å². The second kappa shape index (κ2) is 57.5. The van der Waals surface area contributed by atoms with Crippen molar-refractivity contribution in [1.82, 2.24) is 40.0 Å². The van der Waals surface area contributed by atoms with Gasteiger partial charge in [0.25, 0.3) is 0 Å². The molecular formula is C89H153N11O16S. The van der Waals surface area contributed by atoms with Crippen molar-refractivity contribution in [2.24, 2.45) is 5.92 Å². The van der Waals surface area contributed by atoms with Gasteiger partial charge in [-0.25, -0.2) is 19.2 Å². The minimum Gasteiger partial charge on any atom is -0.462 e. The second-order valence-electron chi connectivity index (χ2n) is 35.2. The molecule has 2 aromatic heterocycles. The van der Waals surface area contributed by atoms with Crippen LogP contribution in [-0.4, -0.2) is 175 Å². The number of imidazole rings is 1. The van der Waals surface area contributed by atoms with Crippen LogP contribution in [0.4, 0.5) is 31.8 Å². The molecule has 1 aromatic carbocycles. The van der Waals surface area contributed by atoms with E-state index < -0.39 is 106 Å². The zero-order valence-electron chi connectivity index (χ0n) is 74.5. The molecule has 3 rings (SSSR count). The second-order valence-corrected chi connectivity index (χ2v) is 36.3. The molecule has 0 fully saturated rings. The van der Waals surface area contributed by atoms with Crippen molar-refractivity contribution in [1.29, 1.82) is 0 Å². The summed E-state index contributed by atoms with van der Waals surface area (Å²) in [4.78, 5) is 152. The number of carbonyl (C=O) groups excluding carboxylic acids is 9. The zero-order valence-corrected chi connectivity index (χ0v) is 75.3. The number of amides is 5. The van der Waals surface area contributed by atoms with E-state index in [1.165, 1.54) is 135 Å². The molecule has 117 heavy (non-hydrogen) atoms. The third-order valence-electron chi connectivity index (χ3n) is 19.3. The van der Waals surface area contributed by atoms with Crippen LogP contribution < -0.4 is 32.7 Å². The van der Waals surface area contributed by atoms with Crippen LogP contribution in [0.2, 0.25) is 0 Å². The Hall–Kier alpha value is -7.65. The molecule has 27 nitrogen and oxygen atoms in total. The number of aromatic amines is 1. The largest absolute Gasteiger partial charge is 0.462 e. The van der Waals surface area contributed by atoms with Crippen molar-refractivity contribution in [3.05, 3.63) is 40.3 Å².